The first kappa shape index (κ1) is 13.8. The van der Waals surface area contributed by atoms with E-state index in [0.29, 0.717) is 22.8 Å². The van der Waals surface area contributed by atoms with Gasteiger partial charge in [0.2, 0.25) is 11.8 Å². The molecule has 4 N–H and O–H groups in total. The van der Waals surface area contributed by atoms with Crippen LogP contribution >= 0.6 is 11.6 Å². The summed E-state index contributed by atoms with van der Waals surface area (Å²) in [4.78, 5) is 23.2. The fourth-order valence-electron chi connectivity index (χ4n) is 2.16. The van der Waals surface area contributed by atoms with Gasteiger partial charge in [-0.1, -0.05) is 18.5 Å². The van der Waals surface area contributed by atoms with Gasteiger partial charge in [-0.15, -0.1) is 0 Å². The van der Waals surface area contributed by atoms with E-state index in [4.69, 9.17) is 17.3 Å². The number of benzene rings is 1. The maximum atomic E-state index is 12.1. The molecule has 0 aliphatic carbocycles. The first-order valence-corrected chi connectivity index (χ1v) is 6.47. The van der Waals surface area contributed by atoms with Gasteiger partial charge in [0.15, 0.2) is 0 Å². The van der Waals surface area contributed by atoms with E-state index in [2.05, 4.69) is 10.6 Å². The highest BCUT2D eigenvalue weighted by Crippen LogP contribution is 2.25. The molecule has 0 aromatic heterocycles. The largest absolute Gasteiger partial charge is 0.366 e. The van der Waals surface area contributed by atoms with Gasteiger partial charge in [0.25, 0.3) is 0 Å². The van der Waals surface area contributed by atoms with Crippen molar-refractivity contribution >= 4 is 29.1 Å². The first-order chi connectivity index (χ1) is 8.99. The number of halogens is 1. The van der Waals surface area contributed by atoms with Gasteiger partial charge >= 0.3 is 0 Å². The van der Waals surface area contributed by atoms with Crippen molar-refractivity contribution < 1.29 is 9.59 Å². The van der Waals surface area contributed by atoms with Crippen LogP contribution in [0.1, 0.15) is 17.3 Å². The Morgan fingerprint density at radius 2 is 2.16 bits per heavy atom. The standard InChI is InChI=1S/C13H16ClN3O2/c1-7-5-16-6-9(7)13(19)17-11-4-8(12(15)18)2-3-10(11)14/h2-4,7,9,16H,5-6H2,1H3,(H2,15,18)(H,17,19)/t7-,9-/m1/s1. The third-order valence-electron chi connectivity index (χ3n) is 3.36. The van der Waals surface area contributed by atoms with E-state index in [0.717, 1.165) is 6.54 Å². The quantitative estimate of drug-likeness (QED) is 0.779. The highest BCUT2D eigenvalue weighted by atomic mass is 35.5. The van der Waals surface area contributed by atoms with Gasteiger partial charge in [0.05, 0.1) is 16.6 Å². The SMILES string of the molecule is C[C@@H]1CNC[C@H]1C(=O)Nc1cc(C(N)=O)ccc1Cl. The summed E-state index contributed by atoms with van der Waals surface area (Å²) in [6.07, 6.45) is 0. The summed E-state index contributed by atoms with van der Waals surface area (Å²) in [7, 11) is 0. The zero-order valence-corrected chi connectivity index (χ0v) is 11.3. The predicted molar refractivity (Wildman–Crippen MR) is 74.1 cm³/mol. The van der Waals surface area contributed by atoms with Crippen molar-refractivity contribution in [1.82, 2.24) is 5.32 Å². The van der Waals surface area contributed by atoms with Crippen LogP contribution in [0.15, 0.2) is 18.2 Å². The fraction of sp³-hybridized carbons (Fsp3) is 0.385. The molecule has 102 valence electrons. The minimum Gasteiger partial charge on any atom is -0.366 e. The molecule has 19 heavy (non-hydrogen) atoms. The Kier molecular flexibility index (Phi) is 4.07. The molecule has 0 radical (unpaired) electrons. The van der Waals surface area contributed by atoms with Crippen molar-refractivity contribution in [2.45, 2.75) is 6.92 Å². The average Bonchev–Trinajstić information content (AvgIpc) is 2.78. The Morgan fingerprint density at radius 3 is 2.74 bits per heavy atom. The Labute approximate surface area is 116 Å². The van der Waals surface area contributed by atoms with E-state index in [1.54, 1.807) is 6.07 Å². The molecule has 0 unspecified atom stereocenters. The number of hydrogen-bond acceptors (Lipinski definition) is 3. The molecule has 1 saturated heterocycles. The molecule has 5 nitrogen and oxygen atoms in total. The number of hydrogen-bond donors (Lipinski definition) is 3. The van der Waals surface area contributed by atoms with Crippen LogP contribution in [0, 0.1) is 11.8 Å². The van der Waals surface area contributed by atoms with Gasteiger partial charge in [0.1, 0.15) is 0 Å². The van der Waals surface area contributed by atoms with Crippen LogP contribution in [-0.4, -0.2) is 24.9 Å². The summed E-state index contributed by atoms with van der Waals surface area (Å²) in [5.74, 6) is -0.463. The fourth-order valence-corrected chi connectivity index (χ4v) is 2.33. The summed E-state index contributed by atoms with van der Waals surface area (Å²) < 4.78 is 0. The number of rotatable bonds is 3. The molecule has 2 atom stereocenters. The van der Waals surface area contributed by atoms with Crippen molar-refractivity contribution in [2.24, 2.45) is 17.6 Å². The van der Waals surface area contributed by atoms with Crippen LogP contribution in [0.2, 0.25) is 5.02 Å². The Bertz CT molecular complexity index is 519. The van der Waals surface area contributed by atoms with Crippen molar-refractivity contribution in [3.05, 3.63) is 28.8 Å². The maximum Gasteiger partial charge on any atom is 0.248 e. The number of nitrogens with one attached hydrogen (secondary N) is 2. The summed E-state index contributed by atoms with van der Waals surface area (Å²) in [6.45, 7) is 3.50. The topological polar surface area (TPSA) is 84.2 Å². The molecule has 0 bridgehead atoms. The highest BCUT2D eigenvalue weighted by Gasteiger charge is 2.29. The van der Waals surface area contributed by atoms with Crippen LogP contribution < -0.4 is 16.4 Å². The maximum absolute atomic E-state index is 12.1. The number of nitrogens with two attached hydrogens (primary N) is 1. The average molecular weight is 282 g/mol. The third-order valence-corrected chi connectivity index (χ3v) is 3.69. The minimum atomic E-state index is -0.553. The van der Waals surface area contributed by atoms with Gasteiger partial charge in [-0.25, -0.2) is 0 Å². The monoisotopic (exact) mass is 281 g/mol. The second-order valence-electron chi connectivity index (χ2n) is 4.79. The van der Waals surface area contributed by atoms with E-state index < -0.39 is 5.91 Å². The van der Waals surface area contributed by atoms with Crippen LogP contribution in [0.3, 0.4) is 0 Å². The molecule has 1 heterocycles. The molecule has 1 aliphatic heterocycles. The molecule has 2 rings (SSSR count). The lowest BCUT2D eigenvalue weighted by Crippen LogP contribution is -2.28. The lowest BCUT2D eigenvalue weighted by molar-refractivity contribution is -0.120. The lowest BCUT2D eigenvalue weighted by Gasteiger charge is -2.15. The summed E-state index contributed by atoms with van der Waals surface area (Å²) in [6, 6.07) is 4.57. The summed E-state index contributed by atoms with van der Waals surface area (Å²) >= 11 is 6.01. The van der Waals surface area contributed by atoms with E-state index >= 15 is 0 Å². The smallest absolute Gasteiger partial charge is 0.248 e. The molecule has 1 aromatic rings. The van der Waals surface area contributed by atoms with Crippen molar-refractivity contribution in [3.8, 4) is 0 Å². The van der Waals surface area contributed by atoms with Crippen LogP contribution in [0.5, 0.6) is 0 Å². The second kappa shape index (κ2) is 5.59. The van der Waals surface area contributed by atoms with Gasteiger partial charge in [-0.2, -0.15) is 0 Å². The molecule has 6 heteroatoms. The van der Waals surface area contributed by atoms with E-state index in [-0.39, 0.29) is 17.7 Å². The molecule has 1 aliphatic rings. The van der Waals surface area contributed by atoms with Crippen LogP contribution in [0.25, 0.3) is 0 Å². The number of primary amides is 1. The van der Waals surface area contributed by atoms with E-state index in [1.165, 1.54) is 12.1 Å². The predicted octanol–water partition coefficient (Wildman–Crippen LogP) is 1.23. The number of carbonyl (C=O) groups excluding carboxylic acids is 2. The van der Waals surface area contributed by atoms with Crippen LogP contribution in [0.4, 0.5) is 5.69 Å². The zero-order chi connectivity index (χ0) is 14.0. The molecule has 2 amide bonds. The normalized spacial score (nSPS) is 22.2. The third kappa shape index (κ3) is 3.05. The summed E-state index contributed by atoms with van der Waals surface area (Å²) in [5.41, 5.74) is 5.94. The molecule has 1 aromatic carbocycles. The number of anilines is 1. The van der Waals surface area contributed by atoms with Gasteiger partial charge < -0.3 is 16.4 Å². The minimum absolute atomic E-state index is 0.0895. The van der Waals surface area contributed by atoms with Crippen molar-refractivity contribution in [1.29, 1.82) is 0 Å². The molecular weight excluding hydrogens is 266 g/mol. The molecule has 0 spiro atoms. The second-order valence-corrected chi connectivity index (χ2v) is 5.20. The Balaban J connectivity index is 2.16. The van der Waals surface area contributed by atoms with Gasteiger partial charge in [0, 0.05) is 12.1 Å². The zero-order valence-electron chi connectivity index (χ0n) is 10.6. The van der Waals surface area contributed by atoms with E-state index in [9.17, 15) is 9.59 Å². The highest BCUT2D eigenvalue weighted by molar-refractivity contribution is 6.33. The first-order valence-electron chi connectivity index (χ1n) is 6.10. The molecule has 0 saturated carbocycles. The summed E-state index contributed by atoms with van der Waals surface area (Å²) in [5, 5.41) is 6.31. The van der Waals surface area contributed by atoms with Crippen molar-refractivity contribution in [2.75, 3.05) is 18.4 Å². The number of amides is 2. The Hall–Kier alpha value is -1.59. The van der Waals surface area contributed by atoms with Gasteiger partial charge in [-0.05, 0) is 30.7 Å². The molecular formula is C13H16ClN3O2. The van der Waals surface area contributed by atoms with Gasteiger partial charge in [-0.3, -0.25) is 9.59 Å². The Morgan fingerprint density at radius 1 is 1.42 bits per heavy atom. The molecule has 1 fully saturated rings. The van der Waals surface area contributed by atoms with E-state index in [1.807, 2.05) is 6.92 Å². The lowest BCUT2D eigenvalue weighted by atomic mass is 9.97. The number of carbonyl (C=O) groups is 2. The van der Waals surface area contributed by atoms with Crippen LogP contribution in [-0.2, 0) is 4.79 Å². The van der Waals surface area contributed by atoms with Crippen molar-refractivity contribution in [3.63, 3.8) is 0 Å².